The molecule has 2 aromatic heterocycles. The Morgan fingerprint density at radius 2 is 2.00 bits per heavy atom. The van der Waals surface area contributed by atoms with Crippen molar-refractivity contribution < 1.29 is 9.90 Å². The van der Waals surface area contributed by atoms with E-state index in [0.29, 0.717) is 35.9 Å². The van der Waals surface area contributed by atoms with Gasteiger partial charge >= 0.3 is 0 Å². The maximum absolute atomic E-state index is 12.3. The number of rotatable bonds is 7. The first-order chi connectivity index (χ1) is 12.7. The third-order valence-corrected chi connectivity index (χ3v) is 4.09. The standard InChI is InChI=1S/C19H19ClN4O2/c20-15-6-4-14(5-7-15)17-13-18(24(23-17)11-12-25)22-19(26)9-8-16-3-1-2-10-21-16/h1-7,10,13,25H,8-9,11-12H2,(H,22,26). The Kier molecular flexibility index (Phi) is 5.99. The molecule has 0 bridgehead atoms. The first-order valence-corrected chi connectivity index (χ1v) is 8.68. The van der Waals surface area contributed by atoms with Crippen LogP contribution in [0.1, 0.15) is 12.1 Å². The van der Waals surface area contributed by atoms with E-state index in [1.807, 2.05) is 30.3 Å². The quantitative estimate of drug-likeness (QED) is 0.669. The van der Waals surface area contributed by atoms with E-state index in [2.05, 4.69) is 15.4 Å². The first kappa shape index (κ1) is 18.1. The number of benzene rings is 1. The fourth-order valence-corrected chi connectivity index (χ4v) is 2.66. The molecule has 3 aromatic rings. The molecule has 134 valence electrons. The van der Waals surface area contributed by atoms with Crippen LogP contribution in [0, 0.1) is 0 Å². The van der Waals surface area contributed by atoms with E-state index < -0.39 is 0 Å². The molecule has 6 nitrogen and oxygen atoms in total. The topological polar surface area (TPSA) is 80.0 Å². The molecule has 0 spiro atoms. The SMILES string of the molecule is O=C(CCc1ccccn1)Nc1cc(-c2ccc(Cl)cc2)nn1CCO. The predicted octanol–water partition coefficient (Wildman–Crippen LogP) is 3.16. The van der Waals surface area contributed by atoms with Crippen LogP contribution in [0.5, 0.6) is 0 Å². The largest absolute Gasteiger partial charge is 0.394 e. The van der Waals surface area contributed by atoms with E-state index in [0.717, 1.165) is 11.3 Å². The summed E-state index contributed by atoms with van der Waals surface area (Å²) in [5.74, 6) is 0.424. The second-order valence-corrected chi connectivity index (χ2v) is 6.17. The van der Waals surface area contributed by atoms with Crippen molar-refractivity contribution in [2.75, 3.05) is 11.9 Å². The fourth-order valence-electron chi connectivity index (χ4n) is 2.54. The zero-order chi connectivity index (χ0) is 18.4. The molecule has 2 heterocycles. The summed E-state index contributed by atoms with van der Waals surface area (Å²) in [7, 11) is 0. The van der Waals surface area contributed by atoms with E-state index >= 15 is 0 Å². The summed E-state index contributed by atoms with van der Waals surface area (Å²) in [6, 6.07) is 14.7. The van der Waals surface area contributed by atoms with Gasteiger partial charge in [-0.3, -0.25) is 9.78 Å². The number of amides is 1. The van der Waals surface area contributed by atoms with Crippen LogP contribution < -0.4 is 5.32 Å². The van der Waals surface area contributed by atoms with Gasteiger partial charge in [0, 0.05) is 35.0 Å². The molecule has 1 amide bonds. The number of hydrogen-bond donors (Lipinski definition) is 2. The molecule has 0 saturated heterocycles. The number of hydrogen-bond acceptors (Lipinski definition) is 4. The normalized spacial score (nSPS) is 10.7. The lowest BCUT2D eigenvalue weighted by atomic mass is 10.1. The van der Waals surface area contributed by atoms with Crippen LogP contribution in [0.15, 0.2) is 54.7 Å². The molecule has 0 aliphatic heterocycles. The maximum Gasteiger partial charge on any atom is 0.225 e. The third-order valence-electron chi connectivity index (χ3n) is 3.83. The summed E-state index contributed by atoms with van der Waals surface area (Å²) in [4.78, 5) is 16.5. The molecule has 0 fully saturated rings. The van der Waals surface area contributed by atoms with Gasteiger partial charge in [0.05, 0.1) is 18.8 Å². The lowest BCUT2D eigenvalue weighted by Crippen LogP contribution is -2.17. The molecular weight excluding hydrogens is 352 g/mol. The van der Waals surface area contributed by atoms with Crippen LogP contribution in [-0.2, 0) is 17.8 Å². The highest BCUT2D eigenvalue weighted by molar-refractivity contribution is 6.30. The van der Waals surface area contributed by atoms with Gasteiger partial charge in [0.2, 0.25) is 5.91 Å². The summed E-state index contributed by atoms with van der Waals surface area (Å²) < 4.78 is 1.59. The van der Waals surface area contributed by atoms with Crippen molar-refractivity contribution in [3.63, 3.8) is 0 Å². The van der Waals surface area contributed by atoms with Crippen molar-refractivity contribution in [1.29, 1.82) is 0 Å². The molecule has 1 aromatic carbocycles. The summed E-state index contributed by atoms with van der Waals surface area (Å²) in [6.45, 7) is 0.224. The van der Waals surface area contributed by atoms with Crippen LogP contribution in [0.25, 0.3) is 11.3 Å². The van der Waals surface area contributed by atoms with E-state index in [9.17, 15) is 9.90 Å². The minimum Gasteiger partial charge on any atom is -0.394 e. The molecular formula is C19H19ClN4O2. The molecule has 7 heteroatoms. The molecule has 0 atom stereocenters. The number of nitrogens with one attached hydrogen (secondary N) is 1. The summed E-state index contributed by atoms with van der Waals surface area (Å²) in [5.41, 5.74) is 2.46. The molecule has 0 unspecified atom stereocenters. The molecule has 3 rings (SSSR count). The number of aliphatic hydroxyl groups is 1. The number of anilines is 1. The van der Waals surface area contributed by atoms with Gasteiger partial charge in [0.25, 0.3) is 0 Å². The van der Waals surface area contributed by atoms with Crippen LogP contribution >= 0.6 is 11.6 Å². The highest BCUT2D eigenvalue weighted by Crippen LogP contribution is 2.23. The summed E-state index contributed by atoms with van der Waals surface area (Å²) in [5, 5.41) is 17.2. The molecule has 0 aliphatic rings. The molecule has 0 aliphatic carbocycles. The Labute approximate surface area is 156 Å². The summed E-state index contributed by atoms with van der Waals surface area (Å²) in [6.07, 6.45) is 2.59. The fraction of sp³-hybridized carbons (Fsp3) is 0.211. The number of halogens is 1. The number of aryl methyl sites for hydroxylation is 1. The monoisotopic (exact) mass is 370 g/mol. The number of aromatic nitrogens is 3. The van der Waals surface area contributed by atoms with Gasteiger partial charge < -0.3 is 10.4 Å². The van der Waals surface area contributed by atoms with Gasteiger partial charge in [0.15, 0.2) is 0 Å². The minimum atomic E-state index is -0.127. The highest BCUT2D eigenvalue weighted by Gasteiger charge is 2.12. The van der Waals surface area contributed by atoms with E-state index in [1.54, 1.807) is 29.1 Å². The second-order valence-electron chi connectivity index (χ2n) is 5.74. The Hall–Kier alpha value is -2.70. The van der Waals surface area contributed by atoms with E-state index in [4.69, 9.17) is 11.6 Å². The smallest absolute Gasteiger partial charge is 0.225 e. The molecule has 0 saturated carbocycles. The van der Waals surface area contributed by atoms with Gasteiger partial charge in [-0.25, -0.2) is 4.68 Å². The molecule has 2 N–H and O–H groups in total. The molecule has 26 heavy (non-hydrogen) atoms. The Balaban J connectivity index is 1.71. The Morgan fingerprint density at radius 3 is 2.69 bits per heavy atom. The zero-order valence-electron chi connectivity index (χ0n) is 14.1. The number of nitrogens with zero attached hydrogens (tertiary/aromatic N) is 3. The number of aliphatic hydroxyl groups excluding tert-OH is 1. The van der Waals surface area contributed by atoms with Crippen molar-refractivity contribution in [3.05, 3.63) is 65.4 Å². The number of pyridine rings is 1. The van der Waals surface area contributed by atoms with E-state index in [-0.39, 0.29) is 12.5 Å². The zero-order valence-corrected chi connectivity index (χ0v) is 14.9. The Bertz CT molecular complexity index is 863. The average Bonchev–Trinajstić information content (AvgIpc) is 3.04. The van der Waals surface area contributed by atoms with Gasteiger partial charge in [-0.15, -0.1) is 0 Å². The van der Waals surface area contributed by atoms with Crippen LogP contribution in [0.4, 0.5) is 5.82 Å². The number of carbonyl (C=O) groups is 1. The van der Waals surface area contributed by atoms with Gasteiger partial charge in [0.1, 0.15) is 5.82 Å². The van der Waals surface area contributed by atoms with Crippen molar-refractivity contribution in [1.82, 2.24) is 14.8 Å². The van der Waals surface area contributed by atoms with Crippen LogP contribution in [0.2, 0.25) is 5.02 Å². The van der Waals surface area contributed by atoms with Crippen molar-refractivity contribution in [3.8, 4) is 11.3 Å². The lowest BCUT2D eigenvalue weighted by molar-refractivity contribution is -0.116. The van der Waals surface area contributed by atoms with Crippen LogP contribution in [-0.4, -0.2) is 32.4 Å². The van der Waals surface area contributed by atoms with Crippen molar-refractivity contribution >= 4 is 23.3 Å². The minimum absolute atomic E-state index is 0.0709. The summed E-state index contributed by atoms with van der Waals surface area (Å²) >= 11 is 5.92. The van der Waals surface area contributed by atoms with Gasteiger partial charge in [-0.05, 0) is 30.7 Å². The van der Waals surface area contributed by atoms with Gasteiger partial charge in [-0.1, -0.05) is 29.8 Å². The van der Waals surface area contributed by atoms with Crippen molar-refractivity contribution in [2.45, 2.75) is 19.4 Å². The average molecular weight is 371 g/mol. The maximum atomic E-state index is 12.3. The van der Waals surface area contributed by atoms with Gasteiger partial charge in [-0.2, -0.15) is 5.10 Å². The third kappa shape index (κ3) is 4.68. The second kappa shape index (κ2) is 8.60. The van der Waals surface area contributed by atoms with Crippen LogP contribution in [0.3, 0.4) is 0 Å². The number of carbonyl (C=O) groups excluding carboxylic acids is 1. The van der Waals surface area contributed by atoms with Crippen molar-refractivity contribution in [2.24, 2.45) is 0 Å². The first-order valence-electron chi connectivity index (χ1n) is 8.30. The highest BCUT2D eigenvalue weighted by atomic mass is 35.5. The lowest BCUT2D eigenvalue weighted by Gasteiger charge is -2.07. The van der Waals surface area contributed by atoms with E-state index in [1.165, 1.54) is 0 Å². The Morgan fingerprint density at radius 1 is 1.19 bits per heavy atom. The predicted molar refractivity (Wildman–Crippen MR) is 101 cm³/mol. The molecule has 0 radical (unpaired) electrons.